The van der Waals surface area contributed by atoms with Crippen molar-refractivity contribution in [2.45, 2.75) is 25.8 Å². The highest BCUT2D eigenvalue weighted by atomic mass is 35.5. The average Bonchev–Trinajstić information content (AvgIpc) is 2.81. The summed E-state index contributed by atoms with van der Waals surface area (Å²) in [6.07, 6.45) is 0.587. The minimum atomic E-state index is -0.878. The van der Waals surface area contributed by atoms with Crippen molar-refractivity contribution in [3.63, 3.8) is 0 Å². The molecule has 20 heavy (non-hydrogen) atoms. The zero-order valence-electron chi connectivity index (χ0n) is 10.5. The molecule has 0 amide bonds. The molecule has 2 rings (SSSR count). The molecular formula is C12H12ClFN4O2. The molecule has 0 saturated carbocycles. The lowest BCUT2D eigenvalue weighted by molar-refractivity contribution is -0.137. The zero-order valence-corrected chi connectivity index (χ0v) is 11.2. The standard InChI is InChI=1S/C12H12ClFN4O2/c13-9-3-1-4-10(14)8(9)7-11-15-16-17-18(11)6-2-5-12(19)20/h1,3-4H,2,5-7H2,(H,19,20). The molecule has 0 unspecified atom stereocenters. The Morgan fingerprint density at radius 1 is 1.45 bits per heavy atom. The van der Waals surface area contributed by atoms with Crippen molar-refractivity contribution in [1.29, 1.82) is 0 Å². The van der Waals surface area contributed by atoms with Gasteiger partial charge in [0.25, 0.3) is 0 Å². The van der Waals surface area contributed by atoms with Crippen LogP contribution in [-0.2, 0) is 17.8 Å². The smallest absolute Gasteiger partial charge is 0.303 e. The summed E-state index contributed by atoms with van der Waals surface area (Å²) < 4.78 is 15.2. The Labute approximate surface area is 119 Å². The molecule has 0 atom stereocenters. The lowest BCUT2D eigenvalue weighted by Crippen LogP contribution is -2.09. The van der Waals surface area contributed by atoms with E-state index in [0.29, 0.717) is 29.4 Å². The zero-order chi connectivity index (χ0) is 14.5. The molecule has 0 aliphatic heterocycles. The van der Waals surface area contributed by atoms with Gasteiger partial charge in [-0.05, 0) is 29.0 Å². The van der Waals surface area contributed by atoms with Gasteiger partial charge < -0.3 is 5.11 Å². The van der Waals surface area contributed by atoms with E-state index in [1.165, 1.54) is 16.8 Å². The molecule has 0 aliphatic rings. The van der Waals surface area contributed by atoms with Gasteiger partial charge in [0.1, 0.15) is 5.82 Å². The number of benzene rings is 1. The van der Waals surface area contributed by atoms with Gasteiger partial charge in [0.15, 0.2) is 5.82 Å². The first kappa shape index (κ1) is 14.4. The van der Waals surface area contributed by atoms with Crippen molar-refractivity contribution in [1.82, 2.24) is 20.2 Å². The molecular weight excluding hydrogens is 287 g/mol. The van der Waals surface area contributed by atoms with E-state index < -0.39 is 11.8 Å². The van der Waals surface area contributed by atoms with E-state index in [0.717, 1.165) is 0 Å². The number of tetrazole rings is 1. The second kappa shape index (κ2) is 6.42. The fraction of sp³-hybridized carbons (Fsp3) is 0.333. The normalized spacial score (nSPS) is 10.7. The third-order valence-corrected chi connectivity index (χ3v) is 3.12. The second-order valence-electron chi connectivity index (χ2n) is 4.19. The number of aryl methyl sites for hydroxylation is 1. The van der Waals surface area contributed by atoms with Crippen molar-refractivity contribution >= 4 is 17.6 Å². The number of hydrogen-bond acceptors (Lipinski definition) is 4. The Kier molecular flexibility index (Phi) is 4.62. The molecule has 106 valence electrons. The number of carboxylic acids is 1. The predicted molar refractivity (Wildman–Crippen MR) is 68.9 cm³/mol. The molecule has 8 heteroatoms. The minimum absolute atomic E-state index is 0.0275. The minimum Gasteiger partial charge on any atom is -0.481 e. The van der Waals surface area contributed by atoms with Crippen molar-refractivity contribution in [2.75, 3.05) is 0 Å². The van der Waals surface area contributed by atoms with Gasteiger partial charge in [0, 0.05) is 30.0 Å². The summed E-state index contributed by atoms with van der Waals surface area (Å²) in [4.78, 5) is 10.5. The molecule has 0 saturated heterocycles. The van der Waals surface area contributed by atoms with Gasteiger partial charge in [-0.2, -0.15) is 0 Å². The van der Waals surface area contributed by atoms with Gasteiger partial charge in [-0.25, -0.2) is 9.07 Å². The fourth-order valence-corrected chi connectivity index (χ4v) is 1.99. The van der Waals surface area contributed by atoms with E-state index in [-0.39, 0.29) is 12.8 Å². The van der Waals surface area contributed by atoms with Gasteiger partial charge >= 0.3 is 5.97 Å². The molecule has 1 aromatic heterocycles. The highest BCUT2D eigenvalue weighted by molar-refractivity contribution is 6.31. The van der Waals surface area contributed by atoms with Crippen molar-refractivity contribution in [3.05, 3.63) is 40.4 Å². The molecule has 0 fully saturated rings. The van der Waals surface area contributed by atoms with Crippen LogP contribution in [0.4, 0.5) is 4.39 Å². The summed E-state index contributed by atoms with van der Waals surface area (Å²) in [7, 11) is 0. The monoisotopic (exact) mass is 298 g/mol. The number of carbonyl (C=O) groups is 1. The number of carboxylic acid groups (broad SMARTS) is 1. The van der Waals surface area contributed by atoms with Crippen molar-refractivity contribution in [2.24, 2.45) is 0 Å². The Balaban J connectivity index is 2.10. The topological polar surface area (TPSA) is 80.9 Å². The van der Waals surface area contributed by atoms with E-state index in [9.17, 15) is 9.18 Å². The highest BCUT2D eigenvalue weighted by Gasteiger charge is 2.13. The van der Waals surface area contributed by atoms with Gasteiger partial charge in [-0.15, -0.1) is 5.10 Å². The summed E-state index contributed by atoms with van der Waals surface area (Å²) in [5, 5.41) is 20.0. The van der Waals surface area contributed by atoms with Crippen molar-refractivity contribution < 1.29 is 14.3 Å². The van der Waals surface area contributed by atoms with Gasteiger partial charge in [-0.3, -0.25) is 4.79 Å². The number of rotatable bonds is 6. The van der Waals surface area contributed by atoms with Crippen LogP contribution in [0.15, 0.2) is 18.2 Å². The quantitative estimate of drug-likeness (QED) is 0.881. The Bertz CT molecular complexity index is 597. The lowest BCUT2D eigenvalue weighted by atomic mass is 10.1. The summed E-state index contributed by atoms with van der Waals surface area (Å²) in [5.41, 5.74) is 0.323. The molecule has 0 radical (unpaired) electrons. The third kappa shape index (κ3) is 3.51. The maximum absolute atomic E-state index is 13.7. The summed E-state index contributed by atoms with van der Waals surface area (Å²) in [5.74, 6) is -0.850. The van der Waals surface area contributed by atoms with Gasteiger partial charge in [0.05, 0.1) is 0 Å². The Morgan fingerprint density at radius 2 is 2.25 bits per heavy atom. The average molecular weight is 299 g/mol. The van der Waals surface area contributed by atoms with Crippen LogP contribution in [-0.4, -0.2) is 31.3 Å². The molecule has 0 spiro atoms. The summed E-state index contributed by atoms with van der Waals surface area (Å²) >= 11 is 5.95. The molecule has 0 bridgehead atoms. The van der Waals surface area contributed by atoms with Crippen LogP contribution in [0.25, 0.3) is 0 Å². The highest BCUT2D eigenvalue weighted by Crippen LogP contribution is 2.21. The van der Waals surface area contributed by atoms with Gasteiger partial charge in [-0.1, -0.05) is 17.7 Å². The number of nitrogens with zero attached hydrogens (tertiary/aromatic N) is 4. The van der Waals surface area contributed by atoms with E-state index in [1.54, 1.807) is 6.07 Å². The SMILES string of the molecule is O=C(O)CCCn1nnnc1Cc1c(F)cccc1Cl. The molecule has 2 aromatic rings. The molecule has 1 N–H and O–H groups in total. The van der Waals surface area contributed by atoms with Gasteiger partial charge in [0.2, 0.25) is 0 Å². The van der Waals surface area contributed by atoms with Crippen LogP contribution in [0.3, 0.4) is 0 Å². The van der Waals surface area contributed by atoms with Crippen LogP contribution < -0.4 is 0 Å². The number of aromatic nitrogens is 4. The van der Waals surface area contributed by atoms with E-state index in [4.69, 9.17) is 16.7 Å². The molecule has 0 aliphatic carbocycles. The van der Waals surface area contributed by atoms with Crippen molar-refractivity contribution in [3.8, 4) is 0 Å². The molecule has 6 nitrogen and oxygen atoms in total. The van der Waals surface area contributed by atoms with Crippen LogP contribution in [0.2, 0.25) is 5.02 Å². The van der Waals surface area contributed by atoms with Crippen LogP contribution in [0.1, 0.15) is 24.2 Å². The number of hydrogen-bond donors (Lipinski definition) is 1. The summed E-state index contributed by atoms with van der Waals surface area (Å²) in [6.45, 7) is 0.362. The maximum atomic E-state index is 13.7. The summed E-state index contributed by atoms with van der Waals surface area (Å²) in [6, 6.07) is 4.44. The van der Waals surface area contributed by atoms with E-state index in [2.05, 4.69) is 15.5 Å². The van der Waals surface area contributed by atoms with E-state index >= 15 is 0 Å². The lowest BCUT2D eigenvalue weighted by Gasteiger charge is -2.06. The first-order chi connectivity index (χ1) is 9.58. The van der Waals surface area contributed by atoms with E-state index in [1.807, 2.05) is 0 Å². The largest absolute Gasteiger partial charge is 0.481 e. The number of halogens is 2. The fourth-order valence-electron chi connectivity index (χ4n) is 1.76. The molecule has 1 aromatic carbocycles. The van der Waals surface area contributed by atoms with Crippen LogP contribution >= 0.6 is 11.6 Å². The number of aliphatic carboxylic acids is 1. The first-order valence-electron chi connectivity index (χ1n) is 5.97. The Hall–Kier alpha value is -2.02. The molecule has 1 heterocycles. The second-order valence-corrected chi connectivity index (χ2v) is 4.60. The Morgan fingerprint density at radius 3 is 2.95 bits per heavy atom. The predicted octanol–water partition coefficient (Wildman–Crippen LogP) is 1.92. The maximum Gasteiger partial charge on any atom is 0.303 e. The first-order valence-corrected chi connectivity index (χ1v) is 6.35. The van der Waals surface area contributed by atoms with Crippen LogP contribution in [0, 0.1) is 5.82 Å². The third-order valence-electron chi connectivity index (χ3n) is 2.76. The van der Waals surface area contributed by atoms with Crippen LogP contribution in [0.5, 0.6) is 0 Å².